The maximum atomic E-state index is 6.24. The zero-order valence-corrected chi connectivity index (χ0v) is 11.2. The quantitative estimate of drug-likeness (QED) is 0.910. The molecule has 0 saturated heterocycles. The Morgan fingerprint density at radius 3 is 2.79 bits per heavy atom. The summed E-state index contributed by atoms with van der Waals surface area (Å²) in [5.74, 6) is 2.28. The SMILES string of the molecule is CCC(Nc1cc2c(cc1Cl)OCO2)c1ccco1. The Labute approximate surface area is 116 Å². The summed E-state index contributed by atoms with van der Waals surface area (Å²) in [6.45, 7) is 2.32. The molecule has 2 heterocycles. The van der Waals surface area contributed by atoms with Gasteiger partial charge in [0, 0.05) is 12.1 Å². The fourth-order valence-electron chi connectivity index (χ4n) is 2.08. The number of nitrogens with one attached hydrogen (secondary N) is 1. The third-order valence-corrected chi connectivity index (χ3v) is 3.40. The molecular formula is C14H14ClNO3. The van der Waals surface area contributed by atoms with Crippen LogP contribution in [0, 0.1) is 0 Å². The number of hydrogen-bond donors (Lipinski definition) is 1. The van der Waals surface area contributed by atoms with Crippen LogP contribution in [-0.2, 0) is 0 Å². The molecule has 0 radical (unpaired) electrons. The third-order valence-electron chi connectivity index (χ3n) is 3.09. The van der Waals surface area contributed by atoms with Crippen molar-refractivity contribution in [2.45, 2.75) is 19.4 Å². The predicted molar refractivity (Wildman–Crippen MR) is 72.9 cm³/mol. The van der Waals surface area contributed by atoms with Gasteiger partial charge in [-0.25, -0.2) is 0 Å². The molecule has 1 atom stereocenters. The van der Waals surface area contributed by atoms with E-state index in [4.69, 9.17) is 25.5 Å². The fourth-order valence-corrected chi connectivity index (χ4v) is 2.29. The summed E-state index contributed by atoms with van der Waals surface area (Å²) in [6, 6.07) is 7.52. The van der Waals surface area contributed by atoms with Crippen LogP contribution in [0.1, 0.15) is 25.1 Å². The van der Waals surface area contributed by atoms with E-state index in [1.165, 1.54) is 0 Å². The smallest absolute Gasteiger partial charge is 0.231 e. The van der Waals surface area contributed by atoms with Crippen LogP contribution in [0.5, 0.6) is 11.5 Å². The van der Waals surface area contributed by atoms with E-state index in [9.17, 15) is 0 Å². The molecule has 5 heteroatoms. The summed E-state index contributed by atoms with van der Waals surface area (Å²) in [5, 5.41) is 3.97. The summed E-state index contributed by atoms with van der Waals surface area (Å²) < 4.78 is 16.1. The van der Waals surface area contributed by atoms with Crippen molar-refractivity contribution in [1.29, 1.82) is 0 Å². The van der Waals surface area contributed by atoms with Crippen molar-refractivity contribution in [2.75, 3.05) is 12.1 Å². The molecule has 1 aromatic heterocycles. The second-order valence-electron chi connectivity index (χ2n) is 4.31. The molecule has 0 amide bonds. The summed E-state index contributed by atoms with van der Waals surface area (Å²) in [5.41, 5.74) is 0.814. The molecule has 0 bridgehead atoms. The van der Waals surface area contributed by atoms with Crippen LogP contribution in [0.3, 0.4) is 0 Å². The average Bonchev–Trinajstić information content (AvgIpc) is 3.06. The lowest BCUT2D eigenvalue weighted by atomic mass is 10.1. The number of rotatable bonds is 4. The predicted octanol–water partition coefficient (Wildman–Crippen LogP) is 4.22. The van der Waals surface area contributed by atoms with Crippen LogP contribution in [-0.4, -0.2) is 6.79 Å². The maximum absolute atomic E-state index is 6.24. The van der Waals surface area contributed by atoms with E-state index in [1.54, 1.807) is 12.3 Å². The Balaban J connectivity index is 1.86. The van der Waals surface area contributed by atoms with Gasteiger partial charge in [0.2, 0.25) is 6.79 Å². The van der Waals surface area contributed by atoms with E-state index in [1.807, 2.05) is 18.2 Å². The van der Waals surface area contributed by atoms with Crippen molar-refractivity contribution < 1.29 is 13.9 Å². The molecule has 0 aliphatic carbocycles. The van der Waals surface area contributed by atoms with Crippen LogP contribution in [0.2, 0.25) is 5.02 Å². The van der Waals surface area contributed by atoms with Crippen molar-refractivity contribution in [3.8, 4) is 11.5 Å². The number of hydrogen-bond acceptors (Lipinski definition) is 4. The first kappa shape index (κ1) is 12.2. The highest BCUT2D eigenvalue weighted by atomic mass is 35.5. The minimum atomic E-state index is 0.0767. The standard InChI is InChI=1S/C14H14ClNO3/c1-2-10(12-4-3-5-17-12)16-11-7-14-13(6-9(11)15)18-8-19-14/h3-7,10,16H,2,8H2,1H3. The number of furan rings is 1. The normalized spacial score (nSPS) is 14.4. The van der Waals surface area contributed by atoms with E-state index in [0.29, 0.717) is 16.5 Å². The van der Waals surface area contributed by atoms with Crippen molar-refractivity contribution in [3.63, 3.8) is 0 Å². The van der Waals surface area contributed by atoms with Crippen molar-refractivity contribution in [1.82, 2.24) is 0 Å². The monoisotopic (exact) mass is 279 g/mol. The van der Waals surface area contributed by atoms with Crippen LogP contribution < -0.4 is 14.8 Å². The minimum Gasteiger partial charge on any atom is -0.467 e. The Kier molecular flexibility index (Phi) is 3.25. The summed E-state index contributed by atoms with van der Waals surface area (Å²) in [4.78, 5) is 0. The lowest BCUT2D eigenvalue weighted by molar-refractivity contribution is 0.174. The van der Waals surface area contributed by atoms with Crippen LogP contribution >= 0.6 is 11.6 Å². The van der Waals surface area contributed by atoms with Gasteiger partial charge in [-0.1, -0.05) is 18.5 Å². The number of halogens is 1. The van der Waals surface area contributed by atoms with Crippen LogP contribution in [0.25, 0.3) is 0 Å². The van der Waals surface area contributed by atoms with Gasteiger partial charge in [-0.3, -0.25) is 0 Å². The van der Waals surface area contributed by atoms with E-state index >= 15 is 0 Å². The molecule has 19 heavy (non-hydrogen) atoms. The molecule has 4 nitrogen and oxygen atoms in total. The first-order chi connectivity index (χ1) is 9.28. The van der Waals surface area contributed by atoms with Gasteiger partial charge in [-0.2, -0.15) is 0 Å². The number of ether oxygens (including phenoxy) is 2. The van der Waals surface area contributed by atoms with Crippen molar-refractivity contribution in [3.05, 3.63) is 41.3 Å². The Bertz CT molecular complexity index is 568. The fraction of sp³-hybridized carbons (Fsp3) is 0.286. The average molecular weight is 280 g/mol. The lowest BCUT2D eigenvalue weighted by Crippen LogP contribution is -2.09. The zero-order valence-electron chi connectivity index (χ0n) is 10.5. The second kappa shape index (κ2) is 5.05. The van der Waals surface area contributed by atoms with Gasteiger partial charge >= 0.3 is 0 Å². The van der Waals surface area contributed by atoms with Gasteiger partial charge in [0.15, 0.2) is 11.5 Å². The lowest BCUT2D eigenvalue weighted by Gasteiger charge is -2.17. The Morgan fingerprint density at radius 2 is 2.11 bits per heavy atom. The molecule has 1 aliphatic rings. The third kappa shape index (κ3) is 2.36. The molecule has 0 spiro atoms. The van der Waals surface area contributed by atoms with E-state index in [0.717, 1.165) is 17.9 Å². The minimum absolute atomic E-state index is 0.0767. The molecule has 3 rings (SSSR count). The van der Waals surface area contributed by atoms with E-state index in [-0.39, 0.29) is 12.8 Å². The summed E-state index contributed by atoms with van der Waals surface area (Å²) in [6.07, 6.45) is 2.55. The van der Waals surface area contributed by atoms with Gasteiger partial charge in [-0.05, 0) is 18.6 Å². The van der Waals surface area contributed by atoms with E-state index < -0.39 is 0 Å². The molecule has 0 fully saturated rings. The molecule has 2 aromatic rings. The van der Waals surface area contributed by atoms with E-state index in [2.05, 4.69) is 12.2 Å². The maximum Gasteiger partial charge on any atom is 0.231 e. The summed E-state index contributed by atoms with van der Waals surface area (Å²) >= 11 is 6.24. The first-order valence-corrected chi connectivity index (χ1v) is 6.55. The molecule has 1 N–H and O–H groups in total. The van der Waals surface area contributed by atoms with Crippen molar-refractivity contribution >= 4 is 17.3 Å². The highest BCUT2D eigenvalue weighted by Gasteiger charge is 2.19. The Hall–Kier alpha value is -1.81. The topological polar surface area (TPSA) is 43.6 Å². The molecule has 1 aromatic carbocycles. The highest BCUT2D eigenvalue weighted by molar-refractivity contribution is 6.33. The van der Waals surface area contributed by atoms with Crippen LogP contribution in [0.4, 0.5) is 5.69 Å². The summed E-state index contributed by atoms with van der Waals surface area (Å²) in [7, 11) is 0. The van der Waals surface area contributed by atoms with Gasteiger partial charge < -0.3 is 19.2 Å². The number of fused-ring (bicyclic) bond motifs is 1. The number of anilines is 1. The van der Waals surface area contributed by atoms with Gasteiger partial charge in [0.25, 0.3) is 0 Å². The molecule has 100 valence electrons. The molecule has 1 aliphatic heterocycles. The Morgan fingerprint density at radius 1 is 1.32 bits per heavy atom. The van der Waals surface area contributed by atoms with Gasteiger partial charge in [0.05, 0.1) is 23.0 Å². The van der Waals surface area contributed by atoms with Crippen molar-refractivity contribution in [2.24, 2.45) is 0 Å². The molecule has 0 saturated carbocycles. The van der Waals surface area contributed by atoms with Gasteiger partial charge in [0.1, 0.15) is 5.76 Å². The van der Waals surface area contributed by atoms with Crippen LogP contribution in [0.15, 0.2) is 34.9 Å². The van der Waals surface area contributed by atoms with Gasteiger partial charge in [-0.15, -0.1) is 0 Å². The highest BCUT2D eigenvalue weighted by Crippen LogP contribution is 2.40. The zero-order chi connectivity index (χ0) is 13.2. The first-order valence-electron chi connectivity index (χ1n) is 6.17. The largest absolute Gasteiger partial charge is 0.467 e. The molecular weight excluding hydrogens is 266 g/mol. The second-order valence-corrected chi connectivity index (χ2v) is 4.71. The molecule has 1 unspecified atom stereocenters. The number of benzene rings is 1.